The molecule has 0 amide bonds. The SMILES string of the molecule is COC(=O)[C@@](Nc1ccccc1)(c1ccccc1)[C@H](Nc1ccccc1)c1ccc([N+](=O)[O-])cc1. The molecule has 0 bridgehead atoms. The van der Waals surface area contributed by atoms with Gasteiger partial charge in [0.25, 0.3) is 5.69 Å². The molecule has 0 fully saturated rings. The third kappa shape index (κ3) is 4.99. The third-order valence-corrected chi connectivity index (χ3v) is 5.81. The van der Waals surface area contributed by atoms with Crippen molar-refractivity contribution < 1.29 is 14.5 Å². The first-order valence-corrected chi connectivity index (χ1v) is 11.1. The Morgan fingerprint density at radius 3 is 1.83 bits per heavy atom. The van der Waals surface area contributed by atoms with Crippen LogP contribution in [-0.2, 0) is 15.1 Å². The van der Waals surface area contributed by atoms with Crippen molar-refractivity contribution in [1.29, 1.82) is 0 Å². The van der Waals surface area contributed by atoms with E-state index in [-0.39, 0.29) is 5.69 Å². The molecule has 2 atom stereocenters. The summed E-state index contributed by atoms with van der Waals surface area (Å²) in [6.45, 7) is 0. The van der Waals surface area contributed by atoms with Crippen LogP contribution in [0.15, 0.2) is 115 Å². The van der Waals surface area contributed by atoms with Gasteiger partial charge in [-0.3, -0.25) is 10.1 Å². The average Bonchev–Trinajstić information content (AvgIpc) is 2.92. The van der Waals surface area contributed by atoms with Gasteiger partial charge in [-0.1, -0.05) is 78.9 Å². The van der Waals surface area contributed by atoms with Gasteiger partial charge in [-0.2, -0.15) is 0 Å². The zero-order valence-electron chi connectivity index (χ0n) is 19.1. The van der Waals surface area contributed by atoms with E-state index in [2.05, 4.69) is 10.6 Å². The predicted molar refractivity (Wildman–Crippen MR) is 136 cm³/mol. The van der Waals surface area contributed by atoms with Crippen LogP contribution in [-0.4, -0.2) is 18.0 Å². The first-order valence-electron chi connectivity index (χ1n) is 11.1. The number of ether oxygens (including phenoxy) is 1. The lowest BCUT2D eigenvalue weighted by Gasteiger charge is -2.41. The summed E-state index contributed by atoms with van der Waals surface area (Å²) in [5.41, 5.74) is 1.35. The minimum atomic E-state index is -1.43. The predicted octanol–water partition coefficient (Wildman–Crippen LogP) is 5.93. The Kier molecular flexibility index (Phi) is 7.07. The number of carbonyl (C=O) groups is 1. The summed E-state index contributed by atoms with van der Waals surface area (Å²) in [7, 11) is 1.35. The van der Waals surface area contributed by atoms with Crippen molar-refractivity contribution in [3.05, 3.63) is 137 Å². The van der Waals surface area contributed by atoms with Crippen LogP contribution < -0.4 is 10.6 Å². The maximum absolute atomic E-state index is 13.8. The number of hydrogen-bond acceptors (Lipinski definition) is 6. The van der Waals surface area contributed by atoms with Crippen LogP contribution in [0.25, 0.3) is 0 Å². The van der Waals surface area contributed by atoms with E-state index >= 15 is 0 Å². The van der Waals surface area contributed by atoms with Gasteiger partial charge in [0.05, 0.1) is 18.1 Å². The molecule has 0 aromatic heterocycles. The summed E-state index contributed by atoms with van der Waals surface area (Å²) < 4.78 is 5.39. The van der Waals surface area contributed by atoms with Gasteiger partial charge in [0.1, 0.15) is 0 Å². The highest BCUT2D eigenvalue weighted by Gasteiger charge is 2.50. The molecule has 0 spiro atoms. The number of nitro groups is 1. The van der Waals surface area contributed by atoms with Gasteiger partial charge in [-0.05, 0) is 35.4 Å². The second-order valence-electron chi connectivity index (χ2n) is 7.95. The number of carbonyl (C=O) groups excluding carboxylic acids is 1. The maximum atomic E-state index is 13.8. The highest BCUT2D eigenvalue weighted by atomic mass is 16.6. The van der Waals surface area contributed by atoms with Crippen molar-refractivity contribution >= 4 is 23.0 Å². The lowest BCUT2D eigenvalue weighted by Crippen LogP contribution is -2.51. The van der Waals surface area contributed by atoms with E-state index in [0.717, 1.165) is 5.69 Å². The number of nitrogens with one attached hydrogen (secondary N) is 2. The molecule has 2 N–H and O–H groups in total. The lowest BCUT2D eigenvalue weighted by atomic mass is 9.78. The zero-order valence-corrected chi connectivity index (χ0v) is 19.1. The number of rotatable bonds is 9. The Bertz CT molecular complexity index is 1270. The number of esters is 1. The van der Waals surface area contributed by atoms with Crippen LogP contribution >= 0.6 is 0 Å². The monoisotopic (exact) mass is 467 g/mol. The fraction of sp³-hybridized carbons (Fsp3) is 0.107. The van der Waals surface area contributed by atoms with Crippen LogP contribution in [0.4, 0.5) is 17.1 Å². The number of non-ortho nitro benzene ring substituents is 1. The third-order valence-electron chi connectivity index (χ3n) is 5.81. The number of nitrogens with zero attached hydrogens (tertiary/aromatic N) is 1. The van der Waals surface area contributed by atoms with Gasteiger partial charge in [-0.15, -0.1) is 0 Å². The molecule has 0 aliphatic heterocycles. The Morgan fingerprint density at radius 1 is 0.800 bits per heavy atom. The first kappa shape index (κ1) is 23.5. The molecule has 4 aromatic carbocycles. The molecule has 0 radical (unpaired) electrons. The van der Waals surface area contributed by atoms with Crippen LogP contribution in [0.1, 0.15) is 17.2 Å². The second-order valence-corrected chi connectivity index (χ2v) is 7.95. The fourth-order valence-corrected chi connectivity index (χ4v) is 4.14. The van der Waals surface area contributed by atoms with E-state index in [4.69, 9.17) is 4.74 Å². The van der Waals surface area contributed by atoms with Gasteiger partial charge >= 0.3 is 5.97 Å². The topological polar surface area (TPSA) is 93.5 Å². The van der Waals surface area contributed by atoms with E-state index in [1.807, 2.05) is 91.0 Å². The Morgan fingerprint density at radius 2 is 1.31 bits per heavy atom. The number of benzene rings is 4. The summed E-state index contributed by atoms with van der Waals surface area (Å²) in [5, 5.41) is 18.2. The lowest BCUT2D eigenvalue weighted by molar-refractivity contribution is -0.384. The van der Waals surface area contributed by atoms with E-state index < -0.39 is 22.5 Å². The highest BCUT2D eigenvalue weighted by molar-refractivity contribution is 5.88. The van der Waals surface area contributed by atoms with Crippen molar-refractivity contribution in [3.8, 4) is 0 Å². The van der Waals surface area contributed by atoms with Gasteiger partial charge < -0.3 is 15.4 Å². The number of hydrogen-bond donors (Lipinski definition) is 2. The quantitative estimate of drug-likeness (QED) is 0.180. The molecule has 4 rings (SSSR count). The largest absolute Gasteiger partial charge is 0.467 e. The van der Waals surface area contributed by atoms with Crippen LogP contribution in [0.5, 0.6) is 0 Å². The van der Waals surface area contributed by atoms with E-state index in [1.54, 1.807) is 12.1 Å². The van der Waals surface area contributed by atoms with Crippen LogP contribution in [0, 0.1) is 10.1 Å². The van der Waals surface area contributed by atoms with Gasteiger partial charge in [0, 0.05) is 23.5 Å². The molecule has 0 saturated carbocycles. The Balaban J connectivity index is 1.97. The van der Waals surface area contributed by atoms with Gasteiger partial charge in [0.2, 0.25) is 0 Å². The van der Waals surface area contributed by atoms with Gasteiger partial charge in [0.15, 0.2) is 5.54 Å². The minimum absolute atomic E-state index is 0.0355. The smallest absolute Gasteiger partial charge is 0.338 e. The summed E-state index contributed by atoms with van der Waals surface area (Å²) in [4.78, 5) is 24.6. The molecule has 0 saturated heterocycles. The normalized spacial score (nSPS) is 13.2. The summed E-state index contributed by atoms with van der Waals surface area (Å²) in [5.74, 6) is -0.515. The molecule has 35 heavy (non-hydrogen) atoms. The first-order chi connectivity index (χ1) is 17.0. The maximum Gasteiger partial charge on any atom is 0.338 e. The molecule has 0 heterocycles. The van der Waals surface area contributed by atoms with Crippen molar-refractivity contribution in [2.24, 2.45) is 0 Å². The summed E-state index contributed by atoms with van der Waals surface area (Å²) in [6.07, 6.45) is 0. The molecule has 0 aliphatic rings. The number of methoxy groups -OCH3 is 1. The second kappa shape index (κ2) is 10.5. The summed E-state index contributed by atoms with van der Waals surface area (Å²) >= 11 is 0. The molecule has 0 unspecified atom stereocenters. The van der Waals surface area contributed by atoms with Crippen LogP contribution in [0.3, 0.4) is 0 Å². The standard InChI is InChI=1S/C28H25N3O4/c1-35-27(32)28(22-11-5-2-6-12-22,30-24-15-9-4-10-16-24)26(29-23-13-7-3-8-14-23)21-17-19-25(20-18-21)31(33)34/h2-20,26,29-30H,1H3/t26-,28-/m1/s1. The van der Waals surface area contributed by atoms with Crippen molar-refractivity contribution in [1.82, 2.24) is 0 Å². The molecular weight excluding hydrogens is 442 g/mol. The molecule has 7 nitrogen and oxygen atoms in total. The van der Waals surface area contributed by atoms with Crippen molar-refractivity contribution in [2.45, 2.75) is 11.6 Å². The number of para-hydroxylation sites is 2. The number of nitro benzene ring substituents is 1. The molecular formula is C28H25N3O4. The zero-order chi connectivity index (χ0) is 24.7. The fourth-order valence-electron chi connectivity index (χ4n) is 4.14. The minimum Gasteiger partial charge on any atom is -0.467 e. The Labute approximate surface area is 203 Å². The average molecular weight is 468 g/mol. The molecule has 4 aromatic rings. The van der Waals surface area contributed by atoms with Crippen LogP contribution in [0.2, 0.25) is 0 Å². The highest BCUT2D eigenvalue weighted by Crippen LogP contribution is 2.42. The van der Waals surface area contributed by atoms with E-state index in [9.17, 15) is 14.9 Å². The summed E-state index contributed by atoms with van der Waals surface area (Å²) in [6, 6.07) is 33.6. The Hall–Kier alpha value is -4.65. The van der Waals surface area contributed by atoms with E-state index in [0.29, 0.717) is 16.8 Å². The molecule has 176 valence electrons. The number of anilines is 2. The van der Waals surface area contributed by atoms with Crippen molar-refractivity contribution in [3.63, 3.8) is 0 Å². The van der Waals surface area contributed by atoms with Crippen molar-refractivity contribution in [2.75, 3.05) is 17.7 Å². The molecule has 0 aliphatic carbocycles. The molecule has 7 heteroatoms. The van der Waals surface area contributed by atoms with Gasteiger partial charge in [-0.25, -0.2) is 4.79 Å². The van der Waals surface area contributed by atoms with E-state index in [1.165, 1.54) is 19.2 Å².